The number of rotatable bonds is 3. The van der Waals surface area contributed by atoms with Crippen LogP contribution in [0.1, 0.15) is 22.8 Å². The Kier molecular flexibility index (Phi) is 3.42. The van der Waals surface area contributed by atoms with Crippen LogP contribution >= 0.6 is 0 Å². The molecule has 0 spiro atoms. The van der Waals surface area contributed by atoms with Crippen molar-refractivity contribution >= 4 is 17.5 Å². The average molecular weight is 190 g/mol. The first-order valence-corrected chi connectivity index (χ1v) is 4.42. The van der Waals surface area contributed by atoms with Crippen LogP contribution in [0.5, 0.6) is 0 Å². The number of ketones is 1. The second-order valence-corrected chi connectivity index (χ2v) is 3.04. The first kappa shape index (κ1) is 10.5. The Morgan fingerprint density at radius 2 is 2.21 bits per heavy atom. The Bertz CT molecular complexity index is 370. The summed E-state index contributed by atoms with van der Waals surface area (Å²) in [7, 11) is 0. The predicted molar refractivity (Wildman–Crippen MR) is 58.9 cm³/mol. The van der Waals surface area contributed by atoms with E-state index < -0.39 is 0 Å². The quantitative estimate of drug-likeness (QED) is 0.559. The molecule has 0 atom stereocenters. The fraction of sp³-hybridized carbons (Fsp3) is 0.182. The van der Waals surface area contributed by atoms with Gasteiger partial charge in [0.05, 0.1) is 0 Å². The molecule has 3 heteroatoms. The van der Waals surface area contributed by atoms with E-state index in [-0.39, 0.29) is 5.78 Å². The second-order valence-electron chi connectivity index (χ2n) is 3.04. The summed E-state index contributed by atoms with van der Waals surface area (Å²) in [6, 6.07) is 5.26. The van der Waals surface area contributed by atoms with E-state index in [1.54, 1.807) is 12.1 Å². The Morgan fingerprint density at radius 3 is 2.71 bits per heavy atom. The normalized spacial score (nSPS) is 10.7. The maximum Gasteiger partial charge on any atom is 0.159 e. The molecule has 74 valence electrons. The molecule has 0 saturated heterocycles. The van der Waals surface area contributed by atoms with Crippen LogP contribution in [0, 0.1) is 0 Å². The van der Waals surface area contributed by atoms with Crippen molar-refractivity contribution in [3.8, 4) is 0 Å². The van der Waals surface area contributed by atoms with E-state index in [0.717, 1.165) is 5.56 Å². The van der Waals surface area contributed by atoms with Gasteiger partial charge in [0.15, 0.2) is 5.78 Å². The third-order valence-corrected chi connectivity index (χ3v) is 1.93. The summed E-state index contributed by atoms with van der Waals surface area (Å²) >= 11 is 0. The molecule has 0 saturated carbocycles. The molecule has 0 bridgehead atoms. The van der Waals surface area contributed by atoms with Crippen molar-refractivity contribution < 1.29 is 4.79 Å². The summed E-state index contributed by atoms with van der Waals surface area (Å²) in [5.41, 5.74) is 13.2. The molecular weight excluding hydrogens is 176 g/mol. The number of carbonyl (C=O) groups excluding carboxylic acids is 1. The van der Waals surface area contributed by atoms with Crippen molar-refractivity contribution in [2.45, 2.75) is 6.92 Å². The number of nitrogens with two attached hydrogens (primary N) is 2. The predicted octanol–water partition coefficient (Wildman–Crippen LogP) is 1.44. The molecule has 0 radical (unpaired) electrons. The van der Waals surface area contributed by atoms with Gasteiger partial charge in [-0.05, 0) is 18.6 Å². The van der Waals surface area contributed by atoms with Gasteiger partial charge >= 0.3 is 0 Å². The number of carbonyl (C=O) groups is 1. The molecule has 1 aromatic carbocycles. The van der Waals surface area contributed by atoms with Crippen LogP contribution in [0.15, 0.2) is 24.3 Å². The SMILES string of the molecule is CC(=O)c1ccc(C=CCN)c(N)c1. The lowest BCUT2D eigenvalue weighted by molar-refractivity contribution is 0.101. The van der Waals surface area contributed by atoms with Crippen molar-refractivity contribution in [1.82, 2.24) is 0 Å². The number of anilines is 1. The van der Waals surface area contributed by atoms with Gasteiger partial charge in [0.2, 0.25) is 0 Å². The summed E-state index contributed by atoms with van der Waals surface area (Å²) in [5.74, 6) is 0.0195. The molecule has 0 unspecified atom stereocenters. The second kappa shape index (κ2) is 4.58. The highest BCUT2D eigenvalue weighted by atomic mass is 16.1. The first-order valence-electron chi connectivity index (χ1n) is 4.42. The highest BCUT2D eigenvalue weighted by Crippen LogP contribution is 2.16. The maximum absolute atomic E-state index is 11.0. The van der Waals surface area contributed by atoms with E-state index in [1.165, 1.54) is 6.92 Å². The van der Waals surface area contributed by atoms with Crippen molar-refractivity contribution in [3.05, 3.63) is 35.4 Å². The topological polar surface area (TPSA) is 69.1 Å². The molecule has 1 aromatic rings. The van der Waals surface area contributed by atoms with Crippen molar-refractivity contribution in [2.24, 2.45) is 5.73 Å². The lowest BCUT2D eigenvalue weighted by Crippen LogP contribution is -1.97. The van der Waals surface area contributed by atoms with E-state index in [2.05, 4.69) is 0 Å². The van der Waals surface area contributed by atoms with Gasteiger partial charge in [-0.25, -0.2) is 0 Å². The van der Waals surface area contributed by atoms with E-state index in [1.807, 2.05) is 18.2 Å². The van der Waals surface area contributed by atoms with Gasteiger partial charge in [0.25, 0.3) is 0 Å². The largest absolute Gasteiger partial charge is 0.398 e. The third kappa shape index (κ3) is 2.44. The summed E-state index contributed by atoms with van der Waals surface area (Å²) in [4.78, 5) is 11.0. The first-order chi connectivity index (χ1) is 6.65. The highest BCUT2D eigenvalue weighted by molar-refractivity contribution is 5.95. The van der Waals surface area contributed by atoms with Crippen LogP contribution in [-0.2, 0) is 0 Å². The van der Waals surface area contributed by atoms with Gasteiger partial charge in [0.1, 0.15) is 0 Å². The van der Waals surface area contributed by atoms with Crippen LogP contribution in [0.2, 0.25) is 0 Å². The van der Waals surface area contributed by atoms with Crippen LogP contribution < -0.4 is 11.5 Å². The number of hydrogen-bond donors (Lipinski definition) is 2. The summed E-state index contributed by atoms with van der Waals surface area (Å²) in [5, 5.41) is 0. The Balaban J connectivity index is 3.01. The molecule has 0 aliphatic carbocycles. The average Bonchev–Trinajstić information content (AvgIpc) is 2.15. The van der Waals surface area contributed by atoms with Crippen molar-refractivity contribution in [2.75, 3.05) is 12.3 Å². The maximum atomic E-state index is 11.0. The smallest absolute Gasteiger partial charge is 0.159 e. The van der Waals surface area contributed by atoms with Crippen LogP contribution in [0.25, 0.3) is 6.08 Å². The lowest BCUT2D eigenvalue weighted by Gasteiger charge is -2.02. The van der Waals surface area contributed by atoms with Gasteiger partial charge in [0, 0.05) is 17.8 Å². The molecular formula is C11H14N2O. The summed E-state index contributed by atoms with van der Waals surface area (Å²) in [6.45, 7) is 2.00. The third-order valence-electron chi connectivity index (χ3n) is 1.93. The zero-order valence-corrected chi connectivity index (χ0v) is 8.16. The molecule has 0 fully saturated rings. The number of Topliss-reactive ketones (excluding diaryl/α,β-unsaturated/α-hetero) is 1. The number of nitrogen functional groups attached to an aromatic ring is 1. The van der Waals surface area contributed by atoms with Gasteiger partial charge < -0.3 is 11.5 Å². The zero-order chi connectivity index (χ0) is 10.6. The number of benzene rings is 1. The van der Waals surface area contributed by atoms with Crippen molar-refractivity contribution in [3.63, 3.8) is 0 Å². The molecule has 3 nitrogen and oxygen atoms in total. The molecule has 0 amide bonds. The zero-order valence-electron chi connectivity index (χ0n) is 8.16. The highest BCUT2D eigenvalue weighted by Gasteiger charge is 2.01. The van der Waals surface area contributed by atoms with Gasteiger partial charge in [-0.2, -0.15) is 0 Å². The monoisotopic (exact) mass is 190 g/mol. The van der Waals surface area contributed by atoms with E-state index in [9.17, 15) is 4.79 Å². The minimum Gasteiger partial charge on any atom is -0.398 e. The Hall–Kier alpha value is -1.61. The molecule has 0 aliphatic heterocycles. The van der Waals surface area contributed by atoms with Crippen molar-refractivity contribution in [1.29, 1.82) is 0 Å². The Labute approximate surface area is 83.4 Å². The summed E-state index contributed by atoms with van der Waals surface area (Å²) < 4.78 is 0. The van der Waals surface area contributed by atoms with E-state index in [0.29, 0.717) is 17.8 Å². The van der Waals surface area contributed by atoms with Gasteiger partial charge in [-0.15, -0.1) is 0 Å². The molecule has 0 heterocycles. The number of hydrogen-bond acceptors (Lipinski definition) is 3. The molecule has 14 heavy (non-hydrogen) atoms. The standard InChI is InChI=1S/C11H14N2O/c1-8(14)10-5-4-9(3-2-6-12)11(13)7-10/h2-5,7H,6,12-13H2,1H3. The fourth-order valence-electron chi connectivity index (χ4n) is 1.14. The van der Waals surface area contributed by atoms with Gasteiger partial charge in [-0.1, -0.05) is 24.3 Å². The van der Waals surface area contributed by atoms with Gasteiger partial charge in [-0.3, -0.25) is 4.79 Å². The van der Waals surface area contributed by atoms with Crippen LogP contribution in [0.4, 0.5) is 5.69 Å². The van der Waals surface area contributed by atoms with Crippen LogP contribution in [0.3, 0.4) is 0 Å². The minimum absolute atomic E-state index is 0.0195. The summed E-state index contributed by atoms with van der Waals surface area (Å²) in [6.07, 6.45) is 3.67. The minimum atomic E-state index is 0.0195. The molecule has 4 N–H and O–H groups in total. The molecule has 0 aromatic heterocycles. The fourth-order valence-corrected chi connectivity index (χ4v) is 1.14. The van der Waals surface area contributed by atoms with E-state index in [4.69, 9.17) is 11.5 Å². The molecule has 1 rings (SSSR count). The lowest BCUT2D eigenvalue weighted by atomic mass is 10.1. The van der Waals surface area contributed by atoms with E-state index >= 15 is 0 Å². The van der Waals surface area contributed by atoms with Crippen LogP contribution in [-0.4, -0.2) is 12.3 Å². The molecule has 0 aliphatic rings. The Morgan fingerprint density at radius 1 is 1.50 bits per heavy atom.